The largest absolute Gasteiger partial charge is 0.342 e. The Hall–Kier alpha value is -1.82. The van der Waals surface area contributed by atoms with Gasteiger partial charge < -0.3 is 4.90 Å². The Balaban J connectivity index is 1.99. The van der Waals surface area contributed by atoms with Crippen molar-refractivity contribution in [2.24, 2.45) is 0 Å². The molecule has 0 unspecified atom stereocenters. The molecule has 0 aromatic heterocycles. The molecular formula is C15H18F2N2O2. The molecule has 1 fully saturated rings. The van der Waals surface area contributed by atoms with E-state index >= 15 is 0 Å². The highest BCUT2D eigenvalue weighted by Crippen LogP contribution is 2.12. The highest BCUT2D eigenvalue weighted by molar-refractivity contribution is 5.97. The lowest BCUT2D eigenvalue weighted by molar-refractivity contribution is -0.128. The summed E-state index contributed by atoms with van der Waals surface area (Å²) >= 11 is 0. The van der Waals surface area contributed by atoms with Crippen molar-refractivity contribution in [2.75, 3.05) is 32.7 Å². The van der Waals surface area contributed by atoms with Crippen LogP contribution >= 0.6 is 0 Å². The predicted molar refractivity (Wildman–Crippen MR) is 74.0 cm³/mol. The first-order chi connectivity index (χ1) is 9.97. The van der Waals surface area contributed by atoms with Gasteiger partial charge in [0.1, 0.15) is 11.6 Å². The number of Topliss-reactive ketones (excluding diaryl/α,β-unsaturated/α-hetero) is 1. The van der Waals surface area contributed by atoms with Crippen LogP contribution in [0.4, 0.5) is 8.78 Å². The maximum absolute atomic E-state index is 13.6. The fourth-order valence-corrected chi connectivity index (χ4v) is 2.44. The normalized spacial score (nSPS) is 16.6. The predicted octanol–water partition coefficient (Wildman–Crippen LogP) is 1.70. The summed E-state index contributed by atoms with van der Waals surface area (Å²) in [6.45, 7) is 3.98. The number of hydrogen-bond acceptors (Lipinski definition) is 3. The average Bonchev–Trinajstić information content (AvgIpc) is 2.67. The van der Waals surface area contributed by atoms with Crippen molar-refractivity contribution in [1.29, 1.82) is 0 Å². The number of benzene rings is 1. The summed E-state index contributed by atoms with van der Waals surface area (Å²) in [6, 6.07) is 2.88. The zero-order chi connectivity index (χ0) is 15.4. The Morgan fingerprint density at radius 2 is 1.90 bits per heavy atom. The molecule has 1 aromatic carbocycles. The van der Waals surface area contributed by atoms with Gasteiger partial charge in [-0.3, -0.25) is 14.5 Å². The van der Waals surface area contributed by atoms with Crippen LogP contribution < -0.4 is 0 Å². The molecule has 21 heavy (non-hydrogen) atoms. The summed E-state index contributed by atoms with van der Waals surface area (Å²) in [5.74, 6) is -1.76. The number of ketones is 1. The quantitative estimate of drug-likeness (QED) is 0.797. The molecule has 1 saturated heterocycles. The van der Waals surface area contributed by atoms with Gasteiger partial charge in [0.05, 0.1) is 12.1 Å². The van der Waals surface area contributed by atoms with Gasteiger partial charge in [-0.15, -0.1) is 0 Å². The molecule has 0 spiro atoms. The standard InChI is InChI=1S/C15H18F2N2O2/c1-11(20)19-6-2-5-18(7-8-19)10-15(21)13-9-12(16)3-4-14(13)17/h3-4,9H,2,5-8,10H2,1H3. The van der Waals surface area contributed by atoms with E-state index in [1.165, 1.54) is 6.92 Å². The van der Waals surface area contributed by atoms with Crippen LogP contribution in [0.15, 0.2) is 18.2 Å². The smallest absolute Gasteiger partial charge is 0.219 e. The second-order valence-corrected chi connectivity index (χ2v) is 5.18. The third kappa shape index (κ3) is 4.07. The van der Waals surface area contributed by atoms with E-state index in [1.54, 1.807) is 4.90 Å². The Labute approximate surface area is 122 Å². The van der Waals surface area contributed by atoms with E-state index < -0.39 is 17.4 Å². The number of amides is 1. The van der Waals surface area contributed by atoms with Crippen LogP contribution in [-0.2, 0) is 4.79 Å². The molecule has 1 heterocycles. The van der Waals surface area contributed by atoms with E-state index in [0.29, 0.717) is 26.2 Å². The van der Waals surface area contributed by atoms with E-state index in [4.69, 9.17) is 0 Å². The van der Waals surface area contributed by atoms with Crippen LogP contribution in [0, 0.1) is 11.6 Å². The van der Waals surface area contributed by atoms with E-state index in [2.05, 4.69) is 0 Å². The maximum atomic E-state index is 13.6. The van der Waals surface area contributed by atoms with Gasteiger partial charge in [-0.25, -0.2) is 8.78 Å². The third-order valence-electron chi connectivity index (χ3n) is 3.63. The molecule has 1 aliphatic heterocycles. The lowest BCUT2D eigenvalue weighted by Crippen LogP contribution is -2.36. The minimum atomic E-state index is -0.707. The number of hydrogen-bond donors (Lipinski definition) is 0. The molecule has 0 radical (unpaired) electrons. The van der Waals surface area contributed by atoms with Crippen LogP contribution in [0.2, 0.25) is 0 Å². The minimum absolute atomic E-state index is 0.0133. The van der Waals surface area contributed by atoms with Crippen LogP contribution in [-0.4, -0.2) is 54.2 Å². The highest BCUT2D eigenvalue weighted by Gasteiger charge is 2.20. The van der Waals surface area contributed by atoms with Crippen molar-refractivity contribution in [3.05, 3.63) is 35.4 Å². The van der Waals surface area contributed by atoms with Crippen LogP contribution in [0.5, 0.6) is 0 Å². The second-order valence-electron chi connectivity index (χ2n) is 5.18. The van der Waals surface area contributed by atoms with Gasteiger partial charge in [0, 0.05) is 33.1 Å². The highest BCUT2D eigenvalue weighted by atomic mass is 19.1. The van der Waals surface area contributed by atoms with E-state index in [-0.39, 0.29) is 18.0 Å². The van der Waals surface area contributed by atoms with Crippen molar-refractivity contribution in [1.82, 2.24) is 9.80 Å². The summed E-state index contributed by atoms with van der Waals surface area (Å²) in [4.78, 5) is 27.0. The van der Waals surface area contributed by atoms with Gasteiger partial charge >= 0.3 is 0 Å². The van der Waals surface area contributed by atoms with Crippen molar-refractivity contribution in [3.63, 3.8) is 0 Å². The Bertz CT molecular complexity index is 548. The Morgan fingerprint density at radius 3 is 2.62 bits per heavy atom. The first-order valence-electron chi connectivity index (χ1n) is 6.93. The molecule has 4 nitrogen and oxygen atoms in total. The third-order valence-corrected chi connectivity index (χ3v) is 3.63. The molecule has 0 aliphatic carbocycles. The molecule has 0 N–H and O–H groups in total. The lowest BCUT2D eigenvalue weighted by atomic mass is 10.1. The first-order valence-corrected chi connectivity index (χ1v) is 6.93. The summed E-state index contributed by atoms with van der Waals surface area (Å²) in [5, 5.41) is 0. The molecule has 0 atom stereocenters. The van der Waals surface area contributed by atoms with Gasteiger partial charge in [0.15, 0.2) is 5.78 Å². The van der Waals surface area contributed by atoms with Gasteiger partial charge in [0.2, 0.25) is 5.91 Å². The molecule has 2 rings (SSSR count). The number of carbonyl (C=O) groups excluding carboxylic acids is 2. The number of halogens is 2. The van der Waals surface area contributed by atoms with Crippen molar-refractivity contribution >= 4 is 11.7 Å². The fraction of sp³-hybridized carbons (Fsp3) is 0.467. The Kier molecular flexibility index (Phi) is 5.01. The average molecular weight is 296 g/mol. The lowest BCUT2D eigenvalue weighted by Gasteiger charge is -2.20. The van der Waals surface area contributed by atoms with E-state index in [1.807, 2.05) is 4.90 Å². The number of nitrogens with zero attached hydrogens (tertiary/aromatic N) is 2. The zero-order valence-corrected chi connectivity index (χ0v) is 11.9. The summed E-state index contributed by atoms with van der Waals surface area (Å²) in [7, 11) is 0. The zero-order valence-electron chi connectivity index (χ0n) is 11.9. The molecule has 1 aliphatic rings. The van der Waals surface area contributed by atoms with E-state index in [0.717, 1.165) is 24.6 Å². The number of carbonyl (C=O) groups is 2. The van der Waals surface area contributed by atoms with Crippen LogP contribution in [0.1, 0.15) is 23.7 Å². The number of rotatable bonds is 3. The minimum Gasteiger partial charge on any atom is -0.342 e. The van der Waals surface area contributed by atoms with Crippen LogP contribution in [0.25, 0.3) is 0 Å². The molecule has 0 bridgehead atoms. The first kappa shape index (κ1) is 15.6. The van der Waals surface area contributed by atoms with Gasteiger partial charge in [-0.05, 0) is 24.6 Å². The summed E-state index contributed by atoms with van der Waals surface area (Å²) < 4.78 is 26.7. The molecule has 0 saturated carbocycles. The molecular weight excluding hydrogens is 278 g/mol. The van der Waals surface area contributed by atoms with E-state index in [9.17, 15) is 18.4 Å². The fourth-order valence-electron chi connectivity index (χ4n) is 2.44. The van der Waals surface area contributed by atoms with Gasteiger partial charge in [-0.1, -0.05) is 0 Å². The van der Waals surface area contributed by atoms with Crippen molar-refractivity contribution in [2.45, 2.75) is 13.3 Å². The summed E-state index contributed by atoms with van der Waals surface area (Å²) in [6.07, 6.45) is 0.762. The topological polar surface area (TPSA) is 40.6 Å². The van der Waals surface area contributed by atoms with Gasteiger partial charge in [0.25, 0.3) is 0 Å². The molecule has 1 aromatic rings. The van der Waals surface area contributed by atoms with Crippen molar-refractivity contribution in [3.8, 4) is 0 Å². The Morgan fingerprint density at radius 1 is 1.14 bits per heavy atom. The monoisotopic (exact) mass is 296 g/mol. The molecule has 114 valence electrons. The maximum Gasteiger partial charge on any atom is 0.219 e. The van der Waals surface area contributed by atoms with Gasteiger partial charge in [-0.2, -0.15) is 0 Å². The molecule has 1 amide bonds. The summed E-state index contributed by atoms with van der Waals surface area (Å²) in [5.41, 5.74) is -0.220. The van der Waals surface area contributed by atoms with Crippen LogP contribution in [0.3, 0.4) is 0 Å². The second kappa shape index (κ2) is 6.76. The SMILES string of the molecule is CC(=O)N1CCCN(CC(=O)c2cc(F)ccc2F)CC1. The molecule has 6 heteroatoms. The van der Waals surface area contributed by atoms with Crippen molar-refractivity contribution < 1.29 is 18.4 Å².